The summed E-state index contributed by atoms with van der Waals surface area (Å²) < 4.78 is 6.23. The van der Waals surface area contributed by atoms with E-state index in [1.54, 1.807) is 18.4 Å². The average Bonchev–Trinajstić information content (AvgIpc) is 2.82. The van der Waals surface area contributed by atoms with Gasteiger partial charge in [0.2, 0.25) is 0 Å². The number of benzene rings is 1. The molecule has 1 heterocycles. The minimum atomic E-state index is -0.566. The Morgan fingerprint density at radius 1 is 1.45 bits per heavy atom. The van der Waals surface area contributed by atoms with E-state index in [1.807, 2.05) is 36.6 Å². The van der Waals surface area contributed by atoms with E-state index >= 15 is 0 Å². The molecule has 5 heteroatoms. The lowest BCUT2D eigenvalue weighted by molar-refractivity contribution is 0.0727. The van der Waals surface area contributed by atoms with Gasteiger partial charge in [0.05, 0.1) is 17.7 Å². The summed E-state index contributed by atoms with van der Waals surface area (Å²) >= 11 is 1.55. The second-order valence-corrected chi connectivity index (χ2v) is 5.98. The van der Waals surface area contributed by atoms with Gasteiger partial charge in [-0.1, -0.05) is 18.2 Å². The molecule has 2 rings (SSSR count). The lowest BCUT2D eigenvalue weighted by Gasteiger charge is -2.29. The molecule has 0 radical (unpaired) electrons. The first-order valence-corrected chi connectivity index (χ1v) is 7.36. The summed E-state index contributed by atoms with van der Waals surface area (Å²) in [5.74, 6) is -0.129. The van der Waals surface area contributed by atoms with Crippen molar-refractivity contribution in [2.75, 3.05) is 20.3 Å². The van der Waals surface area contributed by atoms with Crippen molar-refractivity contribution in [3.05, 3.63) is 35.2 Å². The Morgan fingerprint density at radius 2 is 2.20 bits per heavy atom. The number of aliphatic hydroxyl groups is 1. The molecule has 1 aromatic carbocycles. The second-order valence-electron chi connectivity index (χ2n) is 5.07. The van der Waals surface area contributed by atoms with Gasteiger partial charge >= 0.3 is 0 Å². The third-order valence-electron chi connectivity index (χ3n) is 3.27. The first-order chi connectivity index (χ1) is 9.59. The maximum absolute atomic E-state index is 12.4. The van der Waals surface area contributed by atoms with Crippen LogP contribution >= 0.6 is 11.3 Å². The maximum Gasteiger partial charge on any atom is 0.253 e. The smallest absolute Gasteiger partial charge is 0.253 e. The summed E-state index contributed by atoms with van der Waals surface area (Å²) in [4.78, 5) is 12.4. The third-order valence-corrected chi connectivity index (χ3v) is 4.23. The minimum absolute atomic E-state index is 0.00449. The zero-order chi connectivity index (χ0) is 14.6. The van der Waals surface area contributed by atoms with Crippen molar-refractivity contribution in [3.8, 4) is 0 Å². The number of hydrogen-bond acceptors (Lipinski definition) is 4. The van der Waals surface area contributed by atoms with Crippen molar-refractivity contribution >= 4 is 27.3 Å². The van der Waals surface area contributed by atoms with Crippen LogP contribution in [-0.4, -0.2) is 36.9 Å². The molecule has 4 nitrogen and oxygen atoms in total. The summed E-state index contributed by atoms with van der Waals surface area (Å²) in [6.45, 7) is 2.24. The van der Waals surface area contributed by atoms with E-state index in [-0.39, 0.29) is 12.5 Å². The molecule has 1 aromatic heterocycles. The van der Waals surface area contributed by atoms with Crippen molar-refractivity contribution in [1.82, 2.24) is 5.32 Å². The second kappa shape index (κ2) is 6.35. The van der Waals surface area contributed by atoms with Gasteiger partial charge in [0.1, 0.15) is 0 Å². The van der Waals surface area contributed by atoms with Gasteiger partial charge < -0.3 is 15.2 Å². The number of amides is 1. The molecule has 0 bridgehead atoms. The molecule has 0 saturated heterocycles. The summed E-state index contributed by atoms with van der Waals surface area (Å²) in [6.07, 6.45) is 0.453. The van der Waals surface area contributed by atoms with E-state index in [1.165, 1.54) is 0 Å². The zero-order valence-corrected chi connectivity index (χ0v) is 12.5. The molecule has 0 spiro atoms. The van der Waals surface area contributed by atoms with Crippen molar-refractivity contribution in [2.24, 2.45) is 0 Å². The van der Waals surface area contributed by atoms with Crippen molar-refractivity contribution < 1.29 is 14.6 Å². The van der Waals surface area contributed by atoms with Gasteiger partial charge in [-0.3, -0.25) is 4.79 Å². The largest absolute Gasteiger partial charge is 0.396 e. The number of rotatable bonds is 6. The van der Waals surface area contributed by atoms with Gasteiger partial charge in [-0.25, -0.2) is 0 Å². The van der Waals surface area contributed by atoms with E-state index in [9.17, 15) is 4.79 Å². The van der Waals surface area contributed by atoms with Crippen LogP contribution in [0.5, 0.6) is 0 Å². The lowest BCUT2D eigenvalue weighted by atomic mass is 9.98. The monoisotopic (exact) mass is 293 g/mol. The molecule has 0 saturated carbocycles. The molecule has 1 atom stereocenters. The van der Waals surface area contributed by atoms with Crippen molar-refractivity contribution in [2.45, 2.75) is 18.9 Å². The molecule has 2 aromatic rings. The fourth-order valence-corrected chi connectivity index (χ4v) is 3.17. The molecule has 0 aliphatic heterocycles. The van der Waals surface area contributed by atoms with Gasteiger partial charge in [-0.15, -0.1) is 11.3 Å². The molecule has 2 N–H and O–H groups in total. The van der Waals surface area contributed by atoms with Crippen LogP contribution in [0.25, 0.3) is 10.1 Å². The SMILES string of the molecule is COCC(C)(CCO)NC(=O)c1csc2ccccc12. The normalized spacial score (nSPS) is 14.2. The highest BCUT2D eigenvalue weighted by Gasteiger charge is 2.27. The van der Waals surface area contributed by atoms with E-state index < -0.39 is 5.54 Å². The van der Waals surface area contributed by atoms with Gasteiger partial charge in [-0.2, -0.15) is 0 Å². The highest BCUT2D eigenvalue weighted by Crippen LogP contribution is 2.26. The Morgan fingerprint density at radius 3 is 2.90 bits per heavy atom. The first kappa shape index (κ1) is 15.0. The van der Waals surface area contributed by atoms with Crippen LogP contribution in [0.2, 0.25) is 0 Å². The molecule has 20 heavy (non-hydrogen) atoms. The highest BCUT2D eigenvalue weighted by molar-refractivity contribution is 7.17. The molecule has 108 valence electrons. The molecule has 1 unspecified atom stereocenters. The van der Waals surface area contributed by atoms with E-state index in [2.05, 4.69) is 5.32 Å². The number of nitrogens with one attached hydrogen (secondary N) is 1. The van der Waals surface area contributed by atoms with Crippen LogP contribution in [-0.2, 0) is 4.74 Å². The van der Waals surface area contributed by atoms with E-state index in [4.69, 9.17) is 9.84 Å². The maximum atomic E-state index is 12.4. The topological polar surface area (TPSA) is 58.6 Å². The molecule has 0 aliphatic carbocycles. The van der Waals surface area contributed by atoms with Crippen molar-refractivity contribution in [3.63, 3.8) is 0 Å². The number of carbonyl (C=O) groups excluding carboxylic acids is 1. The number of ether oxygens (including phenoxy) is 1. The first-order valence-electron chi connectivity index (χ1n) is 6.48. The van der Waals surface area contributed by atoms with Crippen molar-refractivity contribution in [1.29, 1.82) is 0 Å². The Labute approximate surface area is 122 Å². The van der Waals surface area contributed by atoms with Gasteiger partial charge in [0.15, 0.2) is 0 Å². The fraction of sp³-hybridized carbons (Fsp3) is 0.400. The van der Waals surface area contributed by atoms with Crippen LogP contribution in [0, 0.1) is 0 Å². The summed E-state index contributed by atoms with van der Waals surface area (Å²) in [6, 6.07) is 7.83. The third kappa shape index (κ3) is 3.17. The molecule has 0 aliphatic rings. The quantitative estimate of drug-likeness (QED) is 0.860. The predicted molar refractivity (Wildman–Crippen MR) is 81.3 cm³/mol. The molecule has 1 amide bonds. The standard InChI is InChI=1S/C15H19NO3S/c1-15(7-8-17,10-19-2)16-14(18)12-9-20-13-6-4-3-5-11(12)13/h3-6,9,17H,7-8,10H2,1-2H3,(H,16,18). The number of thiophene rings is 1. The molecule has 0 fully saturated rings. The van der Waals surface area contributed by atoms with Gasteiger partial charge in [-0.05, 0) is 19.4 Å². The van der Waals surface area contributed by atoms with Gasteiger partial charge in [0.25, 0.3) is 5.91 Å². The number of hydrogen-bond donors (Lipinski definition) is 2. The van der Waals surface area contributed by atoms with Crippen LogP contribution < -0.4 is 5.32 Å². The number of fused-ring (bicyclic) bond motifs is 1. The van der Waals surface area contributed by atoms with E-state index in [0.29, 0.717) is 18.6 Å². The summed E-state index contributed by atoms with van der Waals surface area (Å²) in [5, 5.41) is 14.9. The number of aliphatic hydroxyl groups excluding tert-OH is 1. The lowest BCUT2D eigenvalue weighted by Crippen LogP contribution is -2.50. The van der Waals surface area contributed by atoms with E-state index in [0.717, 1.165) is 10.1 Å². The highest BCUT2D eigenvalue weighted by atomic mass is 32.1. The minimum Gasteiger partial charge on any atom is -0.396 e. The van der Waals surface area contributed by atoms with Gasteiger partial charge in [0, 0.05) is 29.2 Å². The van der Waals surface area contributed by atoms with Crippen LogP contribution in [0.3, 0.4) is 0 Å². The molecular weight excluding hydrogens is 274 g/mol. The Kier molecular flexibility index (Phi) is 4.75. The summed E-state index contributed by atoms with van der Waals surface area (Å²) in [7, 11) is 1.59. The van der Waals surface area contributed by atoms with Crippen LogP contribution in [0.1, 0.15) is 23.7 Å². The Balaban J connectivity index is 2.22. The Hall–Kier alpha value is -1.43. The molecular formula is C15H19NO3S. The number of methoxy groups -OCH3 is 1. The zero-order valence-electron chi connectivity index (χ0n) is 11.7. The fourth-order valence-electron chi connectivity index (χ4n) is 2.23. The Bertz CT molecular complexity index is 588. The average molecular weight is 293 g/mol. The summed E-state index contributed by atoms with van der Waals surface area (Å²) in [5.41, 5.74) is 0.106. The number of carbonyl (C=O) groups is 1. The van der Waals surface area contributed by atoms with Crippen LogP contribution in [0.4, 0.5) is 0 Å². The predicted octanol–water partition coefficient (Wildman–Crippen LogP) is 2.42. The van der Waals surface area contributed by atoms with Crippen LogP contribution in [0.15, 0.2) is 29.6 Å².